The minimum Gasteiger partial charge on any atom is -0.0683 e. The zero-order valence-electron chi connectivity index (χ0n) is 16.7. The van der Waals surface area contributed by atoms with E-state index in [0.717, 1.165) is 6.42 Å². The van der Waals surface area contributed by atoms with Crippen LogP contribution in [0.1, 0.15) is 37.5 Å². The molecule has 0 atom stereocenters. The van der Waals surface area contributed by atoms with Crippen LogP contribution in [0.25, 0.3) is 21.5 Å². The van der Waals surface area contributed by atoms with Crippen LogP contribution >= 0.6 is 0 Å². The van der Waals surface area contributed by atoms with Gasteiger partial charge in [0.05, 0.1) is 0 Å². The van der Waals surface area contributed by atoms with Crippen LogP contribution in [0, 0.1) is 13.8 Å². The van der Waals surface area contributed by atoms with Gasteiger partial charge in [-0.05, 0) is 58.5 Å². The maximum atomic E-state index is 2.21. The van der Waals surface area contributed by atoms with E-state index in [1.165, 1.54) is 38.2 Å². The normalized spacial score (nSPS) is 9.88. The Kier molecular flexibility index (Phi) is 7.41. The first kappa shape index (κ1) is 19.7. The van der Waals surface area contributed by atoms with Crippen LogP contribution in [0.15, 0.2) is 78.9 Å². The van der Waals surface area contributed by atoms with Gasteiger partial charge in [-0.3, -0.25) is 0 Å². The van der Waals surface area contributed by atoms with Gasteiger partial charge < -0.3 is 0 Å². The predicted octanol–water partition coefficient (Wildman–Crippen LogP) is 7.89. The van der Waals surface area contributed by atoms with E-state index in [0.29, 0.717) is 0 Å². The third-order valence-corrected chi connectivity index (χ3v) is 4.72. The summed E-state index contributed by atoms with van der Waals surface area (Å²) in [6.45, 7) is 10.6. The van der Waals surface area contributed by atoms with Gasteiger partial charge in [0.25, 0.3) is 0 Å². The summed E-state index contributed by atoms with van der Waals surface area (Å²) in [5, 5.41) is 5.50. The van der Waals surface area contributed by atoms with Crippen molar-refractivity contribution in [2.75, 3.05) is 0 Å². The van der Waals surface area contributed by atoms with Crippen LogP contribution in [0.4, 0.5) is 0 Å². The number of fused-ring (bicyclic) bond motifs is 2. The Labute approximate surface area is 158 Å². The highest BCUT2D eigenvalue weighted by Crippen LogP contribution is 2.31. The summed E-state index contributed by atoms with van der Waals surface area (Å²) in [6.07, 6.45) is 1.14. The third-order valence-electron chi connectivity index (χ3n) is 4.72. The fourth-order valence-corrected chi connectivity index (χ4v) is 3.28. The lowest BCUT2D eigenvalue weighted by Gasteiger charge is -2.11. The lowest BCUT2D eigenvalue weighted by Crippen LogP contribution is -1.87. The lowest BCUT2D eigenvalue weighted by molar-refractivity contribution is 1.14. The molecule has 0 fully saturated rings. The van der Waals surface area contributed by atoms with E-state index in [1.807, 2.05) is 19.9 Å². The topological polar surface area (TPSA) is 0 Å². The highest BCUT2D eigenvalue weighted by Gasteiger charge is 2.06. The summed E-state index contributed by atoms with van der Waals surface area (Å²) >= 11 is 0. The molecule has 0 N–H and O–H groups in total. The summed E-state index contributed by atoms with van der Waals surface area (Å²) in [4.78, 5) is 0. The van der Waals surface area contributed by atoms with E-state index >= 15 is 0 Å². The van der Waals surface area contributed by atoms with E-state index in [4.69, 9.17) is 0 Å². The summed E-state index contributed by atoms with van der Waals surface area (Å²) in [5.74, 6) is 0. The molecule has 0 spiro atoms. The van der Waals surface area contributed by atoms with Gasteiger partial charge in [-0.1, -0.05) is 99.6 Å². The van der Waals surface area contributed by atoms with Gasteiger partial charge in [0.15, 0.2) is 0 Å². The highest BCUT2D eigenvalue weighted by molar-refractivity contribution is 6.05. The SMILES string of the molecule is CC.CCc1ccccc1.Cc1c2ccccc2c(C)c2ccccc12. The van der Waals surface area contributed by atoms with E-state index < -0.39 is 0 Å². The van der Waals surface area contributed by atoms with Crippen molar-refractivity contribution in [2.45, 2.75) is 41.0 Å². The van der Waals surface area contributed by atoms with E-state index in [2.05, 4.69) is 93.6 Å². The Morgan fingerprint density at radius 2 is 0.808 bits per heavy atom. The number of hydrogen-bond donors (Lipinski definition) is 0. The van der Waals surface area contributed by atoms with Gasteiger partial charge in [0, 0.05) is 0 Å². The molecule has 0 nitrogen and oxygen atoms in total. The standard InChI is InChI=1S/C16H14.C8H10.C2H6/c1-11-13-7-3-5-9-15(13)12(2)16-10-6-4-8-14(11)16;1-2-8-6-4-3-5-7-8;1-2/h3-10H,1-2H3;3-7H,2H2,1H3;1-2H3. The lowest BCUT2D eigenvalue weighted by atomic mass is 9.93. The minimum atomic E-state index is 1.14. The molecular weight excluding hydrogens is 312 g/mol. The van der Waals surface area contributed by atoms with Crippen molar-refractivity contribution < 1.29 is 0 Å². The molecule has 0 aliphatic carbocycles. The van der Waals surface area contributed by atoms with Crippen LogP contribution in [0.5, 0.6) is 0 Å². The van der Waals surface area contributed by atoms with Crippen LogP contribution < -0.4 is 0 Å². The van der Waals surface area contributed by atoms with Crippen molar-refractivity contribution in [2.24, 2.45) is 0 Å². The maximum absolute atomic E-state index is 2.21. The maximum Gasteiger partial charge on any atom is -0.0146 e. The van der Waals surface area contributed by atoms with Crippen molar-refractivity contribution in [3.05, 3.63) is 95.6 Å². The molecule has 0 heteroatoms. The van der Waals surface area contributed by atoms with Gasteiger partial charge >= 0.3 is 0 Å². The molecule has 0 saturated carbocycles. The molecule has 0 bridgehead atoms. The molecule has 4 rings (SSSR count). The van der Waals surface area contributed by atoms with Gasteiger partial charge in [-0.2, -0.15) is 0 Å². The number of aryl methyl sites for hydroxylation is 3. The van der Waals surface area contributed by atoms with E-state index in [-0.39, 0.29) is 0 Å². The molecule has 26 heavy (non-hydrogen) atoms. The van der Waals surface area contributed by atoms with Crippen molar-refractivity contribution in [3.63, 3.8) is 0 Å². The van der Waals surface area contributed by atoms with Crippen LogP contribution in [-0.4, -0.2) is 0 Å². The number of rotatable bonds is 1. The van der Waals surface area contributed by atoms with Crippen LogP contribution in [0.3, 0.4) is 0 Å². The molecule has 0 aliphatic heterocycles. The Hall–Kier alpha value is -2.60. The highest BCUT2D eigenvalue weighted by atomic mass is 14.1. The molecule has 0 radical (unpaired) electrons. The molecule has 134 valence electrons. The number of benzene rings is 4. The first-order valence-corrected chi connectivity index (χ1v) is 9.63. The first-order valence-electron chi connectivity index (χ1n) is 9.63. The molecule has 0 heterocycles. The van der Waals surface area contributed by atoms with Gasteiger partial charge in [0.2, 0.25) is 0 Å². The average molecular weight is 343 g/mol. The fourth-order valence-electron chi connectivity index (χ4n) is 3.28. The average Bonchev–Trinajstić information content (AvgIpc) is 2.74. The Morgan fingerprint density at radius 1 is 0.500 bits per heavy atom. The van der Waals surface area contributed by atoms with Crippen LogP contribution in [0.2, 0.25) is 0 Å². The molecule has 0 aromatic heterocycles. The predicted molar refractivity (Wildman–Crippen MR) is 118 cm³/mol. The van der Waals surface area contributed by atoms with E-state index in [1.54, 1.807) is 0 Å². The summed E-state index contributed by atoms with van der Waals surface area (Å²) in [5.41, 5.74) is 4.18. The summed E-state index contributed by atoms with van der Waals surface area (Å²) < 4.78 is 0. The van der Waals surface area contributed by atoms with Gasteiger partial charge in [0.1, 0.15) is 0 Å². The third kappa shape index (κ3) is 4.32. The quantitative estimate of drug-likeness (QED) is 0.308. The second-order valence-corrected chi connectivity index (χ2v) is 6.18. The largest absolute Gasteiger partial charge is 0.0683 e. The van der Waals surface area contributed by atoms with Crippen molar-refractivity contribution in [3.8, 4) is 0 Å². The zero-order chi connectivity index (χ0) is 18.9. The van der Waals surface area contributed by atoms with Crippen molar-refractivity contribution in [1.29, 1.82) is 0 Å². The molecule has 0 amide bonds. The minimum absolute atomic E-state index is 1.14. The van der Waals surface area contributed by atoms with E-state index in [9.17, 15) is 0 Å². The summed E-state index contributed by atoms with van der Waals surface area (Å²) in [6, 6.07) is 27.8. The number of hydrogen-bond acceptors (Lipinski definition) is 0. The molecule has 0 saturated heterocycles. The summed E-state index contributed by atoms with van der Waals surface area (Å²) in [7, 11) is 0. The smallest absolute Gasteiger partial charge is 0.0146 e. The molecule has 0 unspecified atom stereocenters. The first-order chi connectivity index (χ1) is 12.7. The second-order valence-electron chi connectivity index (χ2n) is 6.18. The Bertz CT molecular complexity index is 832. The fraction of sp³-hybridized carbons (Fsp3) is 0.231. The second kappa shape index (κ2) is 9.77. The van der Waals surface area contributed by atoms with Gasteiger partial charge in [-0.15, -0.1) is 0 Å². The van der Waals surface area contributed by atoms with Crippen molar-refractivity contribution >= 4 is 21.5 Å². The molecule has 4 aromatic rings. The monoisotopic (exact) mass is 342 g/mol. The van der Waals surface area contributed by atoms with Crippen LogP contribution in [-0.2, 0) is 6.42 Å². The molecule has 4 aromatic carbocycles. The molecule has 0 aliphatic rings. The Balaban J connectivity index is 0.000000206. The van der Waals surface area contributed by atoms with Gasteiger partial charge in [-0.25, -0.2) is 0 Å². The Morgan fingerprint density at radius 3 is 1.08 bits per heavy atom. The zero-order valence-corrected chi connectivity index (χ0v) is 16.7. The molecular formula is C26H30. The van der Waals surface area contributed by atoms with Crippen molar-refractivity contribution in [1.82, 2.24) is 0 Å².